The van der Waals surface area contributed by atoms with Gasteiger partial charge in [-0.1, -0.05) is 0 Å². The number of carbonyl (C=O) groups is 1. The Bertz CT molecular complexity index is 886. The van der Waals surface area contributed by atoms with Crippen LogP contribution in [0.3, 0.4) is 0 Å². The molecule has 26 heavy (non-hydrogen) atoms. The van der Waals surface area contributed by atoms with Crippen molar-refractivity contribution >= 4 is 11.9 Å². The molecule has 1 fully saturated rings. The van der Waals surface area contributed by atoms with Gasteiger partial charge >= 0.3 is 0 Å². The van der Waals surface area contributed by atoms with Crippen LogP contribution in [0.2, 0.25) is 0 Å². The van der Waals surface area contributed by atoms with Crippen LogP contribution in [0.15, 0.2) is 42.9 Å². The summed E-state index contributed by atoms with van der Waals surface area (Å²) in [5.41, 5.74) is 2.19. The number of H-pyrrole nitrogens is 1. The number of hydrogen-bond donors (Lipinski definition) is 2. The van der Waals surface area contributed by atoms with Gasteiger partial charge in [0.15, 0.2) is 0 Å². The summed E-state index contributed by atoms with van der Waals surface area (Å²) in [6.45, 7) is 1.60. The molecule has 0 unspecified atom stereocenters. The lowest BCUT2D eigenvalue weighted by atomic mass is 10.1. The molecule has 1 saturated heterocycles. The zero-order chi connectivity index (χ0) is 17.9. The van der Waals surface area contributed by atoms with Crippen molar-refractivity contribution in [1.29, 1.82) is 0 Å². The first-order valence-electron chi connectivity index (χ1n) is 8.70. The van der Waals surface area contributed by atoms with Crippen LogP contribution in [0.25, 0.3) is 11.4 Å². The van der Waals surface area contributed by atoms with Crippen LogP contribution < -0.4 is 10.2 Å². The molecule has 8 nitrogen and oxygen atoms in total. The minimum absolute atomic E-state index is 0.0573. The molecule has 1 aliphatic heterocycles. The van der Waals surface area contributed by atoms with Crippen molar-refractivity contribution in [1.82, 2.24) is 30.0 Å². The van der Waals surface area contributed by atoms with Gasteiger partial charge in [-0.15, -0.1) is 0 Å². The third-order valence-corrected chi connectivity index (χ3v) is 4.62. The van der Waals surface area contributed by atoms with Gasteiger partial charge in [-0.05, 0) is 37.1 Å². The Balaban J connectivity index is 1.42. The number of nitrogens with one attached hydrogen (secondary N) is 2. The van der Waals surface area contributed by atoms with Gasteiger partial charge in [0.1, 0.15) is 11.4 Å². The van der Waals surface area contributed by atoms with E-state index in [2.05, 4.69) is 30.4 Å². The van der Waals surface area contributed by atoms with Crippen molar-refractivity contribution in [2.45, 2.75) is 18.9 Å². The van der Waals surface area contributed by atoms with Crippen LogP contribution in [-0.4, -0.2) is 49.8 Å². The molecule has 3 aromatic rings. The number of anilines is 1. The monoisotopic (exact) mass is 351 g/mol. The van der Waals surface area contributed by atoms with Gasteiger partial charge in [-0.3, -0.25) is 9.89 Å². The Labute approximate surface area is 151 Å². The standard InChI is InChI=1S/C18H21N7O/c1-24-9-3-6-16(24)14-11-15(23-22-14)17(26)21-13-5-2-10-25(12-13)18-19-7-4-8-20-18/h3-4,6-9,11,13H,2,5,10,12H2,1H3,(H,21,26)(H,22,23)/t13-/m0/s1. The molecule has 4 heterocycles. The summed E-state index contributed by atoms with van der Waals surface area (Å²) >= 11 is 0. The molecule has 8 heteroatoms. The van der Waals surface area contributed by atoms with Crippen LogP contribution >= 0.6 is 0 Å². The highest BCUT2D eigenvalue weighted by Crippen LogP contribution is 2.18. The molecule has 0 bridgehead atoms. The Kier molecular flexibility index (Phi) is 4.39. The van der Waals surface area contributed by atoms with E-state index in [1.54, 1.807) is 24.5 Å². The molecule has 3 aromatic heterocycles. The third kappa shape index (κ3) is 3.30. The SMILES string of the molecule is Cn1cccc1-c1cc(C(=O)N[C@H]2CCCN(c3ncccn3)C2)[nH]n1. The third-order valence-electron chi connectivity index (χ3n) is 4.62. The number of amides is 1. The highest BCUT2D eigenvalue weighted by molar-refractivity contribution is 5.93. The molecule has 4 rings (SSSR count). The van der Waals surface area contributed by atoms with Crippen molar-refractivity contribution in [2.24, 2.45) is 7.05 Å². The Morgan fingerprint density at radius 1 is 1.31 bits per heavy atom. The van der Waals surface area contributed by atoms with E-state index in [1.165, 1.54) is 0 Å². The number of aromatic nitrogens is 5. The minimum atomic E-state index is -0.140. The molecule has 1 atom stereocenters. The fourth-order valence-electron chi connectivity index (χ4n) is 3.29. The average molecular weight is 351 g/mol. The first-order valence-corrected chi connectivity index (χ1v) is 8.70. The first-order chi connectivity index (χ1) is 12.7. The Morgan fingerprint density at radius 3 is 2.92 bits per heavy atom. The normalized spacial score (nSPS) is 17.3. The van der Waals surface area contributed by atoms with Crippen LogP contribution in [0.5, 0.6) is 0 Å². The number of hydrogen-bond acceptors (Lipinski definition) is 5. The summed E-state index contributed by atoms with van der Waals surface area (Å²) in [7, 11) is 1.95. The maximum atomic E-state index is 12.6. The molecule has 0 aliphatic carbocycles. The molecular weight excluding hydrogens is 330 g/mol. The predicted molar refractivity (Wildman–Crippen MR) is 97.7 cm³/mol. The molecule has 1 aliphatic rings. The molecule has 0 saturated carbocycles. The van der Waals surface area contributed by atoms with Crippen molar-refractivity contribution in [3.05, 3.63) is 48.5 Å². The van der Waals surface area contributed by atoms with E-state index >= 15 is 0 Å². The summed E-state index contributed by atoms with van der Waals surface area (Å²) in [4.78, 5) is 23.3. The van der Waals surface area contributed by atoms with E-state index in [9.17, 15) is 4.79 Å². The average Bonchev–Trinajstić information content (AvgIpc) is 3.31. The van der Waals surface area contributed by atoms with Gasteiger partial charge in [-0.2, -0.15) is 5.10 Å². The zero-order valence-corrected chi connectivity index (χ0v) is 14.6. The number of piperidine rings is 1. The van der Waals surface area contributed by atoms with Crippen molar-refractivity contribution in [3.8, 4) is 11.4 Å². The maximum absolute atomic E-state index is 12.6. The van der Waals surface area contributed by atoms with Crippen LogP contribution in [-0.2, 0) is 7.05 Å². The summed E-state index contributed by atoms with van der Waals surface area (Å²) in [6.07, 6.45) is 7.35. The fraction of sp³-hybridized carbons (Fsp3) is 0.333. The van der Waals surface area contributed by atoms with E-state index in [4.69, 9.17) is 0 Å². The summed E-state index contributed by atoms with van der Waals surface area (Å²) < 4.78 is 1.97. The second kappa shape index (κ2) is 6.99. The van der Waals surface area contributed by atoms with Gasteiger partial charge in [-0.25, -0.2) is 9.97 Å². The van der Waals surface area contributed by atoms with Gasteiger partial charge < -0.3 is 14.8 Å². The Morgan fingerprint density at radius 2 is 2.15 bits per heavy atom. The quantitative estimate of drug-likeness (QED) is 0.745. The number of aryl methyl sites for hydroxylation is 1. The van der Waals surface area contributed by atoms with E-state index in [0.29, 0.717) is 18.2 Å². The van der Waals surface area contributed by atoms with Crippen molar-refractivity contribution < 1.29 is 4.79 Å². The summed E-state index contributed by atoms with van der Waals surface area (Å²) in [6, 6.07) is 7.56. The maximum Gasteiger partial charge on any atom is 0.269 e. The molecule has 1 amide bonds. The number of aromatic amines is 1. The van der Waals surface area contributed by atoms with Crippen LogP contribution in [0.4, 0.5) is 5.95 Å². The van der Waals surface area contributed by atoms with Crippen LogP contribution in [0, 0.1) is 0 Å². The smallest absolute Gasteiger partial charge is 0.269 e. The largest absolute Gasteiger partial charge is 0.349 e. The van der Waals surface area contributed by atoms with Crippen molar-refractivity contribution in [2.75, 3.05) is 18.0 Å². The topological polar surface area (TPSA) is 91.7 Å². The minimum Gasteiger partial charge on any atom is -0.349 e. The highest BCUT2D eigenvalue weighted by atomic mass is 16.2. The molecular formula is C18H21N7O. The first kappa shape index (κ1) is 16.3. The fourth-order valence-corrected chi connectivity index (χ4v) is 3.29. The zero-order valence-electron chi connectivity index (χ0n) is 14.6. The molecule has 0 spiro atoms. The van der Waals surface area contributed by atoms with Gasteiger partial charge in [0.2, 0.25) is 5.95 Å². The predicted octanol–water partition coefficient (Wildman–Crippen LogP) is 1.60. The van der Waals surface area contributed by atoms with E-state index in [-0.39, 0.29) is 11.9 Å². The highest BCUT2D eigenvalue weighted by Gasteiger charge is 2.24. The Hall–Kier alpha value is -3.16. The van der Waals surface area contributed by atoms with E-state index in [1.807, 2.05) is 29.9 Å². The lowest BCUT2D eigenvalue weighted by Crippen LogP contribution is -2.48. The lowest BCUT2D eigenvalue weighted by molar-refractivity contribution is 0.0928. The van der Waals surface area contributed by atoms with E-state index < -0.39 is 0 Å². The van der Waals surface area contributed by atoms with Gasteiger partial charge in [0.05, 0.1) is 5.69 Å². The molecule has 0 radical (unpaired) electrons. The number of rotatable bonds is 4. The van der Waals surface area contributed by atoms with Crippen molar-refractivity contribution in [3.63, 3.8) is 0 Å². The molecule has 134 valence electrons. The summed E-state index contributed by atoms with van der Waals surface area (Å²) in [5, 5.41) is 10.2. The van der Waals surface area contributed by atoms with Crippen LogP contribution in [0.1, 0.15) is 23.3 Å². The van der Waals surface area contributed by atoms with Gasteiger partial charge in [0, 0.05) is 44.8 Å². The second-order valence-electron chi connectivity index (χ2n) is 6.48. The number of carbonyl (C=O) groups excluding carboxylic acids is 1. The second-order valence-corrected chi connectivity index (χ2v) is 6.48. The molecule has 0 aromatic carbocycles. The number of nitrogens with zero attached hydrogens (tertiary/aromatic N) is 5. The summed E-state index contributed by atoms with van der Waals surface area (Å²) in [5.74, 6) is 0.567. The molecule has 2 N–H and O–H groups in total. The van der Waals surface area contributed by atoms with Gasteiger partial charge in [0.25, 0.3) is 5.91 Å². The van der Waals surface area contributed by atoms with E-state index in [0.717, 1.165) is 30.8 Å². The lowest BCUT2D eigenvalue weighted by Gasteiger charge is -2.32.